The lowest BCUT2D eigenvalue weighted by atomic mass is 9.68. The van der Waals surface area contributed by atoms with Gasteiger partial charge in [0.25, 0.3) is 0 Å². The Morgan fingerprint density at radius 3 is 2.40 bits per heavy atom. The van der Waals surface area contributed by atoms with Gasteiger partial charge >= 0.3 is 0 Å². The van der Waals surface area contributed by atoms with E-state index in [2.05, 4.69) is 20.8 Å². The standard InChI is InChI=1S/C17H26FNO/c1-17(2,3)13-5-4-12(11-19)16(10-13)20-15-8-6-14(18)7-9-15/h6-9,12-13,16H,4-5,10-11,19H2,1-3H3. The first-order valence-electron chi connectivity index (χ1n) is 7.52. The Labute approximate surface area is 121 Å². The van der Waals surface area contributed by atoms with Crippen molar-refractivity contribution in [3.8, 4) is 5.75 Å². The van der Waals surface area contributed by atoms with Crippen molar-refractivity contribution < 1.29 is 9.13 Å². The highest BCUT2D eigenvalue weighted by Crippen LogP contribution is 2.41. The highest BCUT2D eigenvalue weighted by Gasteiger charge is 2.36. The molecular formula is C17H26FNO. The van der Waals surface area contributed by atoms with Crippen LogP contribution in [0.2, 0.25) is 0 Å². The van der Waals surface area contributed by atoms with Gasteiger partial charge in [-0.3, -0.25) is 0 Å². The highest BCUT2D eigenvalue weighted by molar-refractivity contribution is 5.22. The summed E-state index contributed by atoms with van der Waals surface area (Å²) in [6.07, 6.45) is 3.50. The molecule has 1 aliphatic rings. The van der Waals surface area contributed by atoms with Crippen LogP contribution < -0.4 is 10.5 Å². The van der Waals surface area contributed by atoms with Gasteiger partial charge in [-0.05, 0) is 61.4 Å². The van der Waals surface area contributed by atoms with Crippen molar-refractivity contribution in [2.24, 2.45) is 23.0 Å². The van der Waals surface area contributed by atoms with E-state index in [0.29, 0.717) is 23.8 Å². The monoisotopic (exact) mass is 279 g/mol. The molecule has 3 heteroatoms. The Morgan fingerprint density at radius 2 is 1.85 bits per heavy atom. The zero-order valence-electron chi connectivity index (χ0n) is 12.7. The van der Waals surface area contributed by atoms with Crippen molar-refractivity contribution in [3.63, 3.8) is 0 Å². The summed E-state index contributed by atoms with van der Waals surface area (Å²) in [5.74, 6) is 1.56. The first-order chi connectivity index (χ1) is 9.40. The van der Waals surface area contributed by atoms with Gasteiger partial charge in [-0.25, -0.2) is 4.39 Å². The third kappa shape index (κ3) is 3.72. The van der Waals surface area contributed by atoms with Crippen molar-refractivity contribution >= 4 is 0 Å². The lowest BCUT2D eigenvalue weighted by Gasteiger charge is -2.41. The summed E-state index contributed by atoms with van der Waals surface area (Å²) in [5.41, 5.74) is 6.18. The lowest BCUT2D eigenvalue weighted by molar-refractivity contribution is 0.0331. The molecule has 0 aliphatic heterocycles. The number of halogens is 1. The van der Waals surface area contributed by atoms with Crippen LogP contribution >= 0.6 is 0 Å². The van der Waals surface area contributed by atoms with E-state index in [-0.39, 0.29) is 11.9 Å². The minimum atomic E-state index is -0.232. The molecule has 2 nitrogen and oxygen atoms in total. The SMILES string of the molecule is CC(C)(C)C1CCC(CN)C(Oc2ccc(F)cc2)C1. The molecule has 0 aromatic heterocycles. The fraction of sp³-hybridized carbons (Fsp3) is 0.647. The van der Waals surface area contributed by atoms with Gasteiger partial charge in [0.2, 0.25) is 0 Å². The summed E-state index contributed by atoms with van der Waals surface area (Å²) in [4.78, 5) is 0. The predicted molar refractivity (Wildman–Crippen MR) is 80.2 cm³/mol. The molecule has 1 aromatic rings. The Balaban J connectivity index is 2.07. The van der Waals surface area contributed by atoms with E-state index in [1.165, 1.54) is 18.6 Å². The topological polar surface area (TPSA) is 35.2 Å². The minimum absolute atomic E-state index is 0.142. The van der Waals surface area contributed by atoms with E-state index in [1.807, 2.05) is 0 Å². The molecule has 0 radical (unpaired) electrons. The molecule has 0 heterocycles. The zero-order chi connectivity index (χ0) is 14.8. The van der Waals surface area contributed by atoms with Crippen LogP contribution in [0.25, 0.3) is 0 Å². The molecule has 0 bridgehead atoms. The number of ether oxygens (including phenoxy) is 1. The summed E-state index contributed by atoms with van der Waals surface area (Å²) < 4.78 is 19.0. The normalized spacial score (nSPS) is 27.4. The summed E-state index contributed by atoms with van der Waals surface area (Å²) >= 11 is 0. The fourth-order valence-corrected chi connectivity index (χ4v) is 3.08. The largest absolute Gasteiger partial charge is 0.490 e. The fourth-order valence-electron chi connectivity index (χ4n) is 3.08. The van der Waals surface area contributed by atoms with Crippen molar-refractivity contribution in [3.05, 3.63) is 30.1 Å². The van der Waals surface area contributed by atoms with E-state index in [1.54, 1.807) is 12.1 Å². The molecule has 2 rings (SSSR count). The van der Waals surface area contributed by atoms with Gasteiger partial charge in [0.05, 0.1) is 0 Å². The second-order valence-electron chi connectivity index (χ2n) is 6.98. The second kappa shape index (κ2) is 6.13. The maximum Gasteiger partial charge on any atom is 0.123 e. The summed E-state index contributed by atoms with van der Waals surface area (Å²) in [7, 11) is 0. The molecule has 3 unspecified atom stereocenters. The van der Waals surface area contributed by atoms with Crippen LogP contribution in [0.4, 0.5) is 4.39 Å². The van der Waals surface area contributed by atoms with E-state index in [9.17, 15) is 4.39 Å². The number of rotatable bonds is 3. The van der Waals surface area contributed by atoms with Gasteiger partial charge in [0.15, 0.2) is 0 Å². The maximum absolute atomic E-state index is 13.0. The van der Waals surface area contributed by atoms with E-state index >= 15 is 0 Å². The third-order valence-corrected chi connectivity index (χ3v) is 4.56. The van der Waals surface area contributed by atoms with Crippen LogP contribution in [0.15, 0.2) is 24.3 Å². The molecule has 112 valence electrons. The van der Waals surface area contributed by atoms with E-state index in [0.717, 1.165) is 18.6 Å². The molecular weight excluding hydrogens is 253 g/mol. The molecule has 20 heavy (non-hydrogen) atoms. The molecule has 1 aromatic carbocycles. The quantitative estimate of drug-likeness (QED) is 0.908. The van der Waals surface area contributed by atoms with Crippen LogP contribution in [-0.4, -0.2) is 12.6 Å². The van der Waals surface area contributed by atoms with Crippen LogP contribution in [0, 0.1) is 23.1 Å². The van der Waals surface area contributed by atoms with Crippen molar-refractivity contribution in [2.75, 3.05) is 6.54 Å². The summed E-state index contributed by atoms with van der Waals surface area (Å²) in [5, 5.41) is 0. The average molecular weight is 279 g/mol. The first-order valence-corrected chi connectivity index (χ1v) is 7.52. The van der Waals surface area contributed by atoms with Crippen LogP contribution in [0.5, 0.6) is 5.75 Å². The van der Waals surface area contributed by atoms with Crippen LogP contribution in [0.3, 0.4) is 0 Å². The third-order valence-electron chi connectivity index (χ3n) is 4.56. The molecule has 3 atom stereocenters. The van der Waals surface area contributed by atoms with Gasteiger partial charge in [-0.1, -0.05) is 20.8 Å². The van der Waals surface area contributed by atoms with Crippen LogP contribution in [0.1, 0.15) is 40.0 Å². The molecule has 0 saturated heterocycles. The Kier molecular flexibility index (Phi) is 4.69. The molecule has 1 aliphatic carbocycles. The lowest BCUT2D eigenvalue weighted by Crippen LogP contribution is -2.41. The van der Waals surface area contributed by atoms with Crippen LogP contribution in [-0.2, 0) is 0 Å². The smallest absolute Gasteiger partial charge is 0.123 e. The summed E-state index contributed by atoms with van der Waals surface area (Å²) in [6, 6.07) is 6.28. The number of hydrogen-bond donors (Lipinski definition) is 1. The van der Waals surface area contributed by atoms with Gasteiger partial charge in [-0.2, -0.15) is 0 Å². The molecule has 2 N–H and O–H groups in total. The van der Waals surface area contributed by atoms with Crippen molar-refractivity contribution in [1.82, 2.24) is 0 Å². The van der Waals surface area contributed by atoms with Crippen molar-refractivity contribution in [2.45, 2.75) is 46.1 Å². The molecule has 1 saturated carbocycles. The van der Waals surface area contributed by atoms with Gasteiger partial charge in [0.1, 0.15) is 17.7 Å². The molecule has 0 spiro atoms. The number of benzene rings is 1. The van der Waals surface area contributed by atoms with Gasteiger partial charge in [0, 0.05) is 5.92 Å². The number of hydrogen-bond acceptors (Lipinski definition) is 2. The zero-order valence-corrected chi connectivity index (χ0v) is 12.7. The Bertz CT molecular complexity index is 424. The van der Waals surface area contributed by atoms with E-state index in [4.69, 9.17) is 10.5 Å². The second-order valence-corrected chi connectivity index (χ2v) is 6.98. The van der Waals surface area contributed by atoms with Gasteiger partial charge in [-0.15, -0.1) is 0 Å². The maximum atomic E-state index is 13.0. The minimum Gasteiger partial charge on any atom is -0.490 e. The van der Waals surface area contributed by atoms with E-state index < -0.39 is 0 Å². The highest BCUT2D eigenvalue weighted by atomic mass is 19.1. The predicted octanol–water partition coefficient (Wildman–Crippen LogP) is 3.99. The molecule has 1 fully saturated rings. The summed E-state index contributed by atoms with van der Waals surface area (Å²) in [6.45, 7) is 7.52. The Morgan fingerprint density at radius 1 is 1.20 bits per heavy atom. The average Bonchev–Trinajstić information content (AvgIpc) is 2.40. The Hall–Kier alpha value is -1.09. The number of nitrogens with two attached hydrogens (primary N) is 1. The van der Waals surface area contributed by atoms with Gasteiger partial charge < -0.3 is 10.5 Å². The molecule has 0 amide bonds. The first kappa shape index (κ1) is 15.3. The van der Waals surface area contributed by atoms with Crippen molar-refractivity contribution in [1.29, 1.82) is 0 Å².